The van der Waals surface area contributed by atoms with Gasteiger partial charge in [-0.05, 0) is 36.7 Å². The van der Waals surface area contributed by atoms with Crippen LogP contribution in [-0.4, -0.2) is 11.9 Å². The Labute approximate surface area is 67.9 Å². The molecule has 12 heavy (non-hydrogen) atoms. The predicted molar refractivity (Wildman–Crippen MR) is 30.0 cm³/mol. The topological polar surface area (TPSA) is 84.8 Å². The van der Waals surface area contributed by atoms with Crippen molar-refractivity contribution in [3.63, 3.8) is 0 Å². The van der Waals surface area contributed by atoms with E-state index < -0.39 is 0 Å². The van der Waals surface area contributed by atoms with Crippen LogP contribution in [0.4, 0.5) is 0 Å². The van der Waals surface area contributed by atoms with Crippen molar-refractivity contribution in [2.45, 2.75) is 19.8 Å². The summed E-state index contributed by atoms with van der Waals surface area (Å²) in [4.78, 5) is 4.37. The van der Waals surface area contributed by atoms with Crippen LogP contribution >= 0.6 is 0 Å². The Hall–Kier alpha value is -0.320. The van der Waals surface area contributed by atoms with Gasteiger partial charge < -0.3 is 0 Å². The fourth-order valence-electron chi connectivity index (χ4n) is 0.303. The molecule has 0 aliphatic heterocycles. The Morgan fingerprint density at radius 1 is 1.00 bits per heavy atom. The molecule has 0 heterocycles. The molecule has 0 aromatic rings. The van der Waals surface area contributed by atoms with Crippen molar-refractivity contribution in [2.75, 3.05) is 6.61 Å². The summed E-state index contributed by atoms with van der Waals surface area (Å²) in [5.41, 5.74) is 0. The lowest BCUT2D eigenvalue weighted by molar-refractivity contribution is -0.812. The minimum absolute atomic E-state index is 0.358. The van der Waals surface area contributed by atoms with Crippen molar-refractivity contribution in [1.82, 2.24) is 0 Å². The minimum atomic E-state index is 0.358. The summed E-state index contributed by atoms with van der Waals surface area (Å²) in [6.45, 7) is 2.34. The molecule has 0 fully saturated rings. The molecule has 0 aliphatic rings. The van der Waals surface area contributed by atoms with Crippen LogP contribution in [0, 0.1) is 0 Å². The van der Waals surface area contributed by atoms with Crippen molar-refractivity contribution >= 4 is 0 Å². The molecule has 0 saturated carbocycles. The summed E-state index contributed by atoms with van der Waals surface area (Å²) in [5, 5.41) is 28.5. The lowest BCUT2D eigenvalue weighted by Gasteiger charge is -1.98. The van der Waals surface area contributed by atoms with Crippen LogP contribution in [0.2, 0.25) is 0 Å². The summed E-state index contributed by atoms with van der Waals surface area (Å²) in [5.74, 6) is 0. The summed E-state index contributed by atoms with van der Waals surface area (Å²) in [6, 6.07) is 0. The maximum absolute atomic E-state index is 7.48. The second-order valence-electron chi connectivity index (χ2n) is 1.59. The Kier molecular flexibility index (Phi) is 10.4. The molecule has 0 spiro atoms. The van der Waals surface area contributed by atoms with Gasteiger partial charge in [0, 0.05) is 0 Å². The van der Waals surface area contributed by atoms with Gasteiger partial charge in [0.25, 0.3) is 0 Å². The molecule has 0 aromatic heterocycles. The van der Waals surface area contributed by atoms with Gasteiger partial charge in [0.05, 0.1) is 6.61 Å². The van der Waals surface area contributed by atoms with E-state index in [0.29, 0.717) is 6.61 Å². The third-order valence-corrected chi connectivity index (χ3v) is 0.771. The molecule has 8 heteroatoms. The molecular weight excluding hydrogens is 176 g/mol. The smallest absolute Gasteiger partial charge is 0.0854 e. The predicted octanol–water partition coefficient (Wildman–Crippen LogP) is 0.866. The highest BCUT2D eigenvalue weighted by Crippen LogP contribution is 1.90. The highest BCUT2D eigenvalue weighted by molar-refractivity contribution is 4.25. The van der Waals surface area contributed by atoms with Gasteiger partial charge in [-0.3, -0.25) is 0 Å². The van der Waals surface area contributed by atoms with Crippen molar-refractivity contribution in [3.8, 4) is 0 Å². The molecule has 0 unspecified atom stereocenters. The molecule has 0 bridgehead atoms. The van der Waals surface area contributed by atoms with Crippen LogP contribution in [-0.2, 0) is 35.1 Å². The van der Waals surface area contributed by atoms with E-state index in [2.05, 4.69) is 35.1 Å². The normalized spacial score (nSPS) is 10.5. The Bertz CT molecular complexity index is 67.5. The van der Waals surface area contributed by atoms with Gasteiger partial charge in [-0.1, -0.05) is 13.3 Å². The Morgan fingerprint density at radius 3 is 2.33 bits per heavy atom. The zero-order valence-electron chi connectivity index (χ0n) is 6.43. The van der Waals surface area contributed by atoms with Gasteiger partial charge in [0.1, 0.15) is 0 Å². The summed E-state index contributed by atoms with van der Waals surface area (Å²) in [6.07, 6.45) is 1.78. The first-order valence-corrected chi connectivity index (χ1v) is 3.18. The quantitative estimate of drug-likeness (QED) is 0.322. The van der Waals surface area contributed by atoms with Crippen LogP contribution in [0.5, 0.6) is 0 Å². The first-order valence-electron chi connectivity index (χ1n) is 3.18. The van der Waals surface area contributed by atoms with E-state index in [4.69, 9.17) is 5.26 Å². The van der Waals surface area contributed by atoms with Crippen LogP contribution in [0.1, 0.15) is 19.8 Å². The second-order valence-corrected chi connectivity index (χ2v) is 1.59. The molecule has 0 radical (unpaired) electrons. The highest BCUT2D eigenvalue weighted by atomic mass is 17.9. The number of rotatable bonds is 9. The van der Waals surface area contributed by atoms with Crippen LogP contribution < -0.4 is 0 Å². The van der Waals surface area contributed by atoms with Crippen LogP contribution in [0.25, 0.3) is 0 Å². The van der Waals surface area contributed by atoms with E-state index >= 15 is 0 Å². The van der Waals surface area contributed by atoms with E-state index in [1.165, 1.54) is 0 Å². The maximum atomic E-state index is 7.48. The molecule has 0 aromatic carbocycles. The average molecular weight is 186 g/mol. The third kappa shape index (κ3) is 9.68. The molecule has 0 rings (SSSR count). The minimum Gasteiger partial charge on any atom is -0.219 e. The van der Waals surface area contributed by atoms with Crippen molar-refractivity contribution in [2.24, 2.45) is 0 Å². The van der Waals surface area contributed by atoms with Gasteiger partial charge in [-0.2, -0.15) is 0 Å². The van der Waals surface area contributed by atoms with E-state index in [0.717, 1.165) is 12.8 Å². The van der Waals surface area contributed by atoms with Crippen molar-refractivity contribution in [1.29, 1.82) is 0 Å². The number of hydrogen-bond donors (Lipinski definition) is 1. The fraction of sp³-hybridized carbons (Fsp3) is 1.00. The molecule has 0 atom stereocenters. The van der Waals surface area contributed by atoms with Crippen LogP contribution in [0.15, 0.2) is 0 Å². The van der Waals surface area contributed by atoms with E-state index in [1.54, 1.807) is 0 Å². The molecule has 0 amide bonds. The first-order chi connectivity index (χ1) is 5.91. The Balaban J connectivity index is 2.73. The summed E-state index contributed by atoms with van der Waals surface area (Å²) >= 11 is 0. The van der Waals surface area contributed by atoms with Crippen LogP contribution in [0.3, 0.4) is 0 Å². The van der Waals surface area contributed by atoms with E-state index in [9.17, 15) is 0 Å². The van der Waals surface area contributed by atoms with Gasteiger partial charge in [-0.15, -0.1) is 0 Å². The van der Waals surface area contributed by atoms with E-state index in [-0.39, 0.29) is 0 Å². The van der Waals surface area contributed by atoms with Crippen molar-refractivity contribution in [3.05, 3.63) is 0 Å². The Morgan fingerprint density at radius 2 is 1.67 bits per heavy atom. The molecule has 1 N–H and O–H groups in total. The second kappa shape index (κ2) is 10.7. The lowest BCUT2D eigenvalue weighted by Crippen LogP contribution is -2.01. The van der Waals surface area contributed by atoms with Crippen molar-refractivity contribution < 1.29 is 40.4 Å². The van der Waals surface area contributed by atoms with Gasteiger partial charge in [-0.25, -0.2) is 10.1 Å². The monoisotopic (exact) mass is 186 g/mol. The zero-order valence-corrected chi connectivity index (χ0v) is 6.43. The molecular formula is C4H10O8. The highest BCUT2D eigenvalue weighted by Gasteiger charge is 1.92. The fourth-order valence-corrected chi connectivity index (χ4v) is 0.303. The van der Waals surface area contributed by atoms with Gasteiger partial charge in [0.2, 0.25) is 0 Å². The lowest BCUT2D eigenvalue weighted by atomic mass is 10.4. The SMILES string of the molecule is CCCCOOOOOOOO. The maximum Gasteiger partial charge on any atom is 0.0854 e. The molecule has 74 valence electrons. The number of hydrogen-bond acceptors (Lipinski definition) is 8. The largest absolute Gasteiger partial charge is 0.219 e. The van der Waals surface area contributed by atoms with E-state index in [1.807, 2.05) is 6.92 Å². The summed E-state index contributed by atoms with van der Waals surface area (Å²) in [7, 11) is 0. The first kappa shape index (κ1) is 11.7. The third-order valence-electron chi connectivity index (χ3n) is 0.771. The summed E-state index contributed by atoms with van der Waals surface area (Å²) < 4.78 is 0. The molecule has 0 aliphatic carbocycles. The standard InChI is InChI=1S/C4H10O8/c1-2-3-4-6-8-10-12-11-9-7-5/h5H,2-4H2,1H3. The molecule has 0 saturated heterocycles. The van der Waals surface area contributed by atoms with Gasteiger partial charge in [0.15, 0.2) is 0 Å². The van der Waals surface area contributed by atoms with Gasteiger partial charge >= 0.3 is 0 Å². The molecule has 8 nitrogen and oxygen atoms in total. The number of unbranched alkanes of at least 4 members (excludes halogenated alkanes) is 1. The zero-order chi connectivity index (χ0) is 9.07. The average Bonchev–Trinajstić information content (AvgIpc) is 2.10.